The van der Waals surface area contributed by atoms with Gasteiger partial charge in [-0.05, 0) is 50.4 Å². The predicted octanol–water partition coefficient (Wildman–Crippen LogP) is 2.63. The zero-order valence-corrected chi connectivity index (χ0v) is 14.7. The summed E-state index contributed by atoms with van der Waals surface area (Å²) in [5.74, 6) is -0.152. The third-order valence-corrected chi connectivity index (χ3v) is 4.49. The molecule has 0 aliphatic carbocycles. The Bertz CT molecular complexity index is 746. The van der Waals surface area contributed by atoms with Crippen molar-refractivity contribution in [1.29, 1.82) is 0 Å². The van der Waals surface area contributed by atoms with Gasteiger partial charge in [-0.25, -0.2) is 0 Å². The Morgan fingerprint density at radius 1 is 0.840 bits per heavy atom. The largest absolute Gasteiger partial charge is 0.336 e. The van der Waals surface area contributed by atoms with Crippen LogP contribution in [0.5, 0.6) is 0 Å². The fraction of sp³-hybridized carbons (Fsp3) is 0.300. The van der Waals surface area contributed by atoms with Gasteiger partial charge in [-0.3, -0.25) is 9.59 Å². The second-order valence-corrected chi connectivity index (χ2v) is 6.49. The van der Waals surface area contributed by atoms with Crippen molar-refractivity contribution in [1.82, 2.24) is 9.80 Å². The molecule has 1 N–H and O–H groups in total. The quantitative estimate of drug-likeness (QED) is 0.937. The number of nitrogens with zero attached hydrogens (tertiary/aromatic N) is 2. The number of anilines is 1. The first-order valence-corrected chi connectivity index (χ1v) is 8.49. The lowest BCUT2D eigenvalue weighted by Gasteiger charge is -2.32. The van der Waals surface area contributed by atoms with Crippen molar-refractivity contribution in [3.63, 3.8) is 0 Å². The van der Waals surface area contributed by atoms with E-state index in [0.29, 0.717) is 11.1 Å². The van der Waals surface area contributed by atoms with Crippen LogP contribution in [0.15, 0.2) is 48.5 Å². The second-order valence-electron chi connectivity index (χ2n) is 6.49. The number of piperazine rings is 1. The lowest BCUT2D eigenvalue weighted by molar-refractivity contribution is 0.0664. The molecule has 1 aliphatic heterocycles. The Morgan fingerprint density at radius 3 is 2.00 bits per heavy atom. The first kappa shape index (κ1) is 17.2. The molecule has 1 aliphatic rings. The van der Waals surface area contributed by atoms with Gasteiger partial charge in [-0.2, -0.15) is 0 Å². The molecule has 0 unspecified atom stereocenters. The van der Waals surface area contributed by atoms with Crippen LogP contribution >= 0.6 is 0 Å². The molecule has 3 rings (SSSR count). The lowest BCUT2D eigenvalue weighted by atomic mass is 10.1. The fourth-order valence-electron chi connectivity index (χ4n) is 2.80. The van der Waals surface area contributed by atoms with E-state index in [4.69, 9.17) is 0 Å². The lowest BCUT2D eigenvalue weighted by Crippen LogP contribution is -2.47. The summed E-state index contributed by atoms with van der Waals surface area (Å²) >= 11 is 0. The van der Waals surface area contributed by atoms with E-state index in [1.54, 1.807) is 24.3 Å². The molecule has 0 radical (unpaired) electrons. The van der Waals surface area contributed by atoms with Crippen LogP contribution in [0.2, 0.25) is 0 Å². The number of aryl methyl sites for hydroxylation is 1. The molecule has 0 spiro atoms. The van der Waals surface area contributed by atoms with Crippen LogP contribution in [-0.4, -0.2) is 54.8 Å². The Labute approximate surface area is 148 Å². The summed E-state index contributed by atoms with van der Waals surface area (Å²) in [6, 6.07) is 14.5. The van der Waals surface area contributed by atoms with Gasteiger partial charge in [0.25, 0.3) is 11.8 Å². The van der Waals surface area contributed by atoms with Gasteiger partial charge in [0.15, 0.2) is 0 Å². The number of hydrogen-bond acceptors (Lipinski definition) is 3. The van der Waals surface area contributed by atoms with Crippen LogP contribution in [0.25, 0.3) is 0 Å². The molecule has 0 bridgehead atoms. The minimum absolute atomic E-state index is 0.0265. The molecular weight excluding hydrogens is 314 g/mol. The van der Waals surface area contributed by atoms with E-state index in [9.17, 15) is 9.59 Å². The zero-order valence-electron chi connectivity index (χ0n) is 14.7. The molecule has 5 nitrogen and oxygen atoms in total. The Kier molecular flexibility index (Phi) is 5.14. The summed E-state index contributed by atoms with van der Waals surface area (Å²) < 4.78 is 0. The summed E-state index contributed by atoms with van der Waals surface area (Å²) in [6.45, 7) is 5.27. The smallest absolute Gasteiger partial charge is 0.255 e. The standard InChI is InChI=1S/C20H23N3O2/c1-15-3-9-18(10-4-15)21-19(24)16-5-7-17(8-6-16)20(25)23-13-11-22(2)12-14-23/h3-10H,11-14H2,1-2H3,(H,21,24). The van der Waals surface area contributed by atoms with Gasteiger partial charge in [-0.15, -0.1) is 0 Å². The molecule has 1 fully saturated rings. The third kappa shape index (κ3) is 4.25. The molecule has 0 atom stereocenters. The van der Waals surface area contributed by atoms with Crippen molar-refractivity contribution in [2.45, 2.75) is 6.92 Å². The predicted molar refractivity (Wildman–Crippen MR) is 99.0 cm³/mol. The SMILES string of the molecule is Cc1ccc(NC(=O)c2ccc(C(=O)N3CCN(C)CC3)cc2)cc1. The van der Waals surface area contributed by atoms with Crippen molar-refractivity contribution >= 4 is 17.5 Å². The van der Waals surface area contributed by atoms with E-state index >= 15 is 0 Å². The van der Waals surface area contributed by atoms with Gasteiger partial charge in [0.05, 0.1) is 0 Å². The summed E-state index contributed by atoms with van der Waals surface area (Å²) in [5.41, 5.74) is 3.06. The Morgan fingerprint density at radius 2 is 1.40 bits per heavy atom. The van der Waals surface area contributed by atoms with Crippen LogP contribution in [-0.2, 0) is 0 Å². The van der Waals surface area contributed by atoms with E-state index in [-0.39, 0.29) is 11.8 Å². The minimum Gasteiger partial charge on any atom is -0.336 e. The highest BCUT2D eigenvalue weighted by molar-refractivity contribution is 6.05. The topological polar surface area (TPSA) is 52.7 Å². The van der Waals surface area contributed by atoms with Crippen LogP contribution in [0, 0.1) is 6.92 Å². The van der Waals surface area contributed by atoms with Crippen LogP contribution in [0.1, 0.15) is 26.3 Å². The van der Waals surface area contributed by atoms with E-state index in [1.807, 2.05) is 36.1 Å². The molecule has 2 aromatic rings. The van der Waals surface area contributed by atoms with Gasteiger partial charge >= 0.3 is 0 Å². The average Bonchev–Trinajstić information content (AvgIpc) is 2.64. The van der Waals surface area contributed by atoms with Gasteiger partial charge in [0.2, 0.25) is 0 Å². The van der Waals surface area contributed by atoms with E-state index < -0.39 is 0 Å². The molecule has 25 heavy (non-hydrogen) atoms. The van der Waals surface area contributed by atoms with Crippen molar-refractivity contribution in [2.24, 2.45) is 0 Å². The van der Waals surface area contributed by atoms with Gasteiger partial charge in [-0.1, -0.05) is 17.7 Å². The highest BCUT2D eigenvalue weighted by Gasteiger charge is 2.20. The van der Waals surface area contributed by atoms with Crippen molar-refractivity contribution in [3.8, 4) is 0 Å². The highest BCUT2D eigenvalue weighted by atomic mass is 16.2. The van der Waals surface area contributed by atoms with E-state index in [1.165, 1.54) is 0 Å². The van der Waals surface area contributed by atoms with Crippen LogP contribution < -0.4 is 5.32 Å². The molecule has 0 aromatic heterocycles. The molecular formula is C20H23N3O2. The maximum atomic E-state index is 12.5. The van der Waals surface area contributed by atoms with Crippen LogP contribution in [0.3, 0.4) is 0 Å². The van der Waals surface area contributed by atoms with E-state index in [2.05, 4.69) is 17.3 Å². The number of carbonyl (C=O) groups is 2. The normalized spacial score (nSPS) is 15.0. The maximum absolute atomic E-state index is 12.5. The summed E-state index contributed by atoms with van der Waals surface area (Å²) in [4.78, 5) is 28.9. The van der Waals surface area contributed by atoms with Gasteiger partial charge in [0, 0.05) is 43.0 Å². The van der Waals surface area contributed by atoms with Crippen molar-refractivity contribution < 1.29 is 9.59 Å². The Hall–Kier alpha value is -2.66. The molecule has 1 saturated heterocycles. The van der Waals surface area contributed by atoms with Crippen molar-refractivity contribution in [3.05, 3.63) is 65.2 Å². The number of benzene rings is 2. The number of hydrogen-bond donors (Lipinski definition) is 1. The minimum atomic E-state index is -0.178. The first-order chi connectivity index (χ1) is 12.0. The molecule has 2 amide bonds. The summed E-state index contributed by atoms with van der Waals surface area (Å²) in [5, 5.41) is 2.86. The number of amides is 2. The van der Waals surface area contributed by atoms with E-state index in [0.717, 1.165) is 37.4 Å². The third-order valence-electron chi connectivity index (χ3n) is 4.49. The summed E-state index contributed by atoms with van der Waals surface area (Å²) in [6.07, 6.45) is 0. The van der Waals surface area contributed by atoms with Crippen molar-refractivity contribution in [2.75, 3.05) is 38.5 Å². The molecule has 2 aromatic carbocycles. The summed E-state index contributed by atoms with van der Waals surface area (Å²) in [7, 11) is 2.06. The number of rotatable bonds is 3. The second kappa shape index (κ2) is 7.49. The fourth-order valence-corrected chi connectivity index (χ4v) is 2.80. The number of likely N-dealkylation sites (N-methyl/N-ethyl adjacent to an activating group) is 1. The molecule has 130 valence electrons. The van der Waals surface area contributed by atoms with Crippen LogP contribution in [0.4, 0.5) is 5.69 Å². The van der Waals surface area contributed by atoms with Gasteiger partial charge in [0.1, 0.15) is 0 Å². The number of carbonyl (C=O) groups excluding carboxylic acids is 2. The Balaban J connectivity index is 1.64. The highest BCUT2D eigenvalue weighted by Crippen LogP contribution is 2.13. The molecule has 5 heteroatoms. The first-order valence-electron chi connectivity index (χ1n) is 8.49. The monoisotopic (exact) mass is 337 g/mol. The number of nitrogens with one attached hydrogen (secondary N) is 1. The average molecular weight is 337 g/mol. The maximum Gasteiger partial charge on any atom is 0.255 e. The van der Waals surface area contributed by atoms with Gasteiger partial charge < -0.3 is 15.1 Å². The molecule has 1 heterocycles. The molecule has 0 saturated carbocycles. The zero-order chi connectivity index (χ0) is 17.8.